The molecule has 1 unspecified atom stereocenters. The molecule has 0 saturated heterocycles. The molecule has 4 N–H and O–H groups in total. The molecular weight excluding hydrogens is 236 g/mol. The molecule has 0 spiro atoms. The molecule has 0 aliphatic carbocycles. The van der Waals surface area contributed by atoms with Crippen LogP contribution >= 0.6 is 0 Å². The Morgan fingerprint density at radius 1 is 1.44 bits per heavy atom. The van der Waals surface area contributed by atoms with Gasteiger partial charge in [-0.1, -0.05) is 0 Å². The van der Waals surface area contributed by atoms with E-state index in [2.05, 4.69) is 10.6 Å². The van der Waals surface area contributed by atoms with E-state index in [1.165, 1.54) is 6.26 Å². The summed E-state index contributed by atoms with van der Waals surface area (Å²) in [5.41, 5.74) is 0. The number of aliphatic hydroxyl groups is 1. The normalized spacial score (nSPS) is 13.9. The van der Waals surface area contributed by atoms with Crippen molar-refractivity contribution in [2.24, 2.45) is 0 Å². The molecule has 0 heterocycles. The van der Waals surface area contributed by atoms with Gasteiger partial charge in [0, 0.05) is 42.4 Å². The summed E-state index contributed by atoms with van der Waals surface area (Å²) >= 11 is 0. The Morgan fingerprint density at radius 3 is 2.50 bits per heavy atom. The standard InChI is InChI=1S/C8H16N2O5S/c1-16(15)5-3-9-8(14)10-6(2-4-11)7(12)13/h6,11H,2-5H2,1H3,(H,12,13)(H2,9,10,14)/t6-,16?/m0/s1. The molecule has 0 aromatic carbocycles. The van der Waals surface area contributed by atoms with Crippen molar-refractivity contribution in [3.8, 4) is 0 Å². The van der Waals surface area contributed by atoms with Crippen molar-refractivity contribution >= 4 is 22.8 Å². The van der Waals surface area contributed by atoms with Gasteiger partial charge in [-0.2, -0.15) is 0 Å². The lowest BCUT2D eigenvalue weighted by atomic mass is 10.2. The molecule has 0 radical (unpaired) electrons. The summed E-state index contributed by atoms with van der Waals surface area (Å²) in [7, 11) is -1.01. The second kappa shape index (κ2) is 8.05. The van der Waals surface area contributed by atoms with Crippen LogP contribution in [0.4, 0.5) is 4.79 Å². The van der Waals surface area contributed by atoms with E-state index in [0.29, 0.717) is 5.75 Å². The number of carboxylic acids is 1. The summed E-state index contributed by atoms with van der Waals surface area (Å²) in [6.45, 7) is -0.114. The minimum Gasteiger partial charge on any atom is -0.480 e. The van der Waals surface area contributed by atoms with E-state index in [1.54, 1.807) is 0 Å². The van der Waals surface area contributed by atoms with Crippen LogP contribution in [-0.4, -0.2) is 57.6 Å². The van der Waals surface area contributed by atoms with E-state index in [-0.39, 0.29) is 19.6 Å². The Bertz CT molecular complexity index is 271. The van der Waals surface area contributed by atoms with E-state index in [9.17, 15) is 13.8 Å². The molecule has 94 valence electrons. The molecule has 0 fully saturated rings. The second-order valence-corrected chi connectivity index (χ2v) is 4.64. The second-order valence-electron chi connectivity index (χ2n) is 3.08. The zero-order valence-corrected chi connectivity index (χ0v) is 9.75. The molecule has 0 aliphatic heterocycles. The van der Waals surface area contributed by atoms with Gasteiger partial charge in [-0.05, 0) is 0 Å². The highest BCUT2D eigenvalue weighted by Gasteiger charge is 2.18. The minimum absolute atomic E-state index is 0.0531. The molecule has 0 saturated carbocycles. The highest BCUT2D eigenvalue weighted by Crippen LogP contribution is 1.90. The van der Waals surface area contributed by atoms with Gasteiger partial charge in [-0.3, -0.25) is 4.21 Å². The third-order valence-electron chi connectivity index (χ3n) is 1.70. The van der Waals surface area contributed by atoms with Crippen LogP contribution in [0.15, 0.2) is 0 Å². The molecule has 0 rings (SSSR count). The number of hydrogen-bond donors (Lipinski definition) is 4. The number of carboxylic acid groups (broad SMARTS) is 1. The molecular formula is C8H16N2O5S. The molecule has 0 aromatic rings. The van der Waals surface area contributed by atoms with Crippen molar-refractivity contribution in [3.05, 3.63) is 0 Å². The average molecular weight is 252 g/mol. The fraction of sp³-hybridized carbons (Fsp3) is 0.750. The maximum absolute atomic E-state index is 11.1. The van der Waals surface area contributed by atoms with Crippen molar-refractivity contribution < 1.29 is 24.0 Å². The van der Waals surface area contributed by atoms with Crippen molar-refractivity contribution in [1.29, 1.82) is 0 Å². The molecule has 2 atom stereocenters. The summed E-state index contributed by atoms with van der Waals surface area (Å²) in [4.78, 5) is 21.8. The summed E-state index contributed by atoms with van der Waals surface area (Å²) in [5, 5.41) is 21.8. The lowest BCUT2D eigenvalue weighted by molar-refractivity contribution is -0.139. The SMILES string of the molecule is CS(=O)CCNC(=O)N[C@@H](CCO)C(=O)O. The third kappa shape index (κ3) is 7.18. The maximum Gasteiger partial charge on any atom is 0.326 e. The number of aliphatic carboxylic acids is 1. The van der Waals surface area contributed by atoms with Crippen LogP contribution in [0, 0.1) is 0 Å². The van der Waals surface area contributed by atoms with E-state index in [0.717, 1.165) is 0 Å². The predicted octanol–water partition coefficient (Wildman–Crippen LogP) is -1.50. The van der Waals surface area contributed by atoms with Gasteiger partial charge < -0.3 is 20.8 Å². The van der Waals surface area contributed by atoms with E-state index >= 15 is 0 Å². The summed E-state index contributed by atoms with van der Waals surface area (Å²) in [6.07, 6.45) is 1.45. The van der Waals surface area contributed by atoms with Gasteiger partial charge in [-0.15, -0.1) is 0 Å². The van der Waals surface area contributed by atoms with Crippen LogP contribution in [0.3, 0.4) is 0 Å². The topological polar surface area (TPSA) is 116 Å². The number of aliphatic hydroxyl groups excluding tert-OH is 1. The van der Waals surface area contributed by atoms with Gasteiger partial charge in [0.2, 0.25) is 0 Å². The van der Waals surface area contributed by atoms with Crippen LogP contribution in [0.25, 0.3) is 0 Å². The lowest BCUT2D eigenvalue weighted by Crippen LogP contribution is -2.47. The van der Waals surface area contributed by atoms with Crippen LogP contribution in [0.1, 0.15) is 6.42 Å². The fourth-order valence-corrected chi connectivity index (χ4v) is 1.29. The molecule has 0 aliphatic rings. The molecule has 0 aromatic heterocycles. The maximum atomic E-state index is 11.1. The van der Waals surface area contributed by atoms with E-state index in [4.69, 9.17) is 10.2 Å². The van der Waals surface area contributed by atoms with Gasteiger partial charge in [0.1, 0.15) is 6.04 Å². The smallest absolute Gasteiger partial charge is 0.326 e. The molecule has 8 heteroatoms. The number of hydrogen-bond acceptors (Lipinski definition) is 4. The van der Waals surface area contributed by atoms with Crippen LogP contribution in [0.5, 0.6) is 0 Å². The van der Waals surface area contributed by atoms with E-state index in [1.807, 2.05) is 0 Å². The molecule has 16 heavy (non-hydrogen) atoms. The number of rotatable bonds is 7. The van der Waals surface area contributed by atoms with Crippen molar-refractivity contribution in [3.63, 3.8) is 0 Å². The number of carbonyl (C=O) groups is 2. The monoisotopic (exact) mass is 252 g/mol. The van der Waals surface area contributed by atoms with Gasteiger partial charge in [-0.25, -0.2) is 9.59 Å². The Labute approximate surface area is 95.7 Å². The van der Waals surface area contributed by atoms with Gasteiger partial charge in [0.05, 0.1) is 0 Å². The lowest BCUT2D eigenvalue weighted by Gasteiger charge is -2.13. The van der Waals surface area contributed by atoms with Gasteiger partial charge in [0.25, 0.3) is 0 Å². The van der Waals surface area contributed by atoms with Crippen LogP contribution in [-0.2, 0) is 15.6 Å². The number of urea groups is 1. The highest BCUT2D eigenvalue weighted by molar-refractivity contribution is 7.84. The largest absolute Gasteiger partial charge is 0.480 e. The fourth-order valence-electron chi connectivity index (χ4n) is 0.904. The predicted molar refractivity (Wildman–Crippen MR) is 58.6 cm³/mol. The zero-order chi connectivity index (χ0) is 12.6. The Kier molecular flexibility index (Phi) is 7.48. The third-order valence-corrected chi connectivity index (χ3v) is 2.48. The van der Waals surface area contributed by atoms with Gasteiger partial charge >= 0.3 is 12.0 Å². The minimum atomic E-state index is -1.21. The van der Waals surface area contributed by atoms with Crippen molar-refractivity contribution in [2.45, 2.75) is 12.5 Å². The van der Waals surface area contributed by atoms with Crippen molar-refractivity contribution in [1.82, 2.24) is 10.6 Å². The average Bonchev–Trinajstić information content (AvgIpc) is 2.16. The van der Waals surface area contributed by atoms with E-state index < -0.39 is 28.8 Å². The zero-order valence-electron chi connectivity index (χ0n) is 8.93. The van der Waals surface area contributed by atoms with Crippen LogP contribution in [0.2, 0.25) is 0 Å². The quantitative estimate of drug-likeness (QED) is 0.440. The highest BCUT2D eigenvalue weighted by atomic mass is 32.2. The summed E-state index contributed by atoms with van der Waals surface area (Å²) in [5.74, 6) is -0.895. The summed E-state index contributed by atoms with van der Waals surface area (Å²) < 4.78 is 10.7. The summed E-state index contributed by atoms with van der Waals surface area (Å²) in [6, 6.07) is -1.76. The first kappa shape index (κ1) is 14.8. The number of carbonyl (C=O) groups excluding carboxylic acids is 1. The first-order valence-electron chi connectivity index (χ1n) is 4.65. The molecule has 7 nitrogen and oxygen atoms in total. The Morgan fingerprint density at radius 2 is 2.06 bits per heavy atom. The molecule has 2 amide bonds. The Balaban J connectivity index is 3.90. The number of nitrogens with one attached hydrogen (secondary N) is 2. The first-order chi connectivity index (χ1) is 7.47. The van der Waals surface area contributed by atoms with Crippen LogP contribution < -0.4 is 10.6 Å². The van der Waals surface area contributed by atoms with Gasteiger partial charge in [0.15, 0.2) is 0 Å². The molecule has 0 bridgehead atoms. The van der Waals surface area contributed by atoms with Crippen molar-refractivity contribution in [2.75, 3.05) is 25.2 Å². The number of amides is 2. The first-order valence-corrected chi connectivity index (χ1v) is 6.38. The Hall–Kier alpha value is -1.15.